The van der Waals surface area contributed by atoms with Crippen LogP contribution in [0.3, 0.4) is 0 Å². The van der Waals surface area contributed by atoms with Crippen molar-refractivity contribution in [3.05, 3.63) is 68.8 Å². The SMILES string of the molecule is CCCC(NC(=O)c1ccc(O)cc1C(=O)O)NC(=O)c1cc([N+](=O)[O-])ccc1C(=O)O. The van der Waals surface area contributed by atoms with Crippen LogP contribution in [0.5, 0.6) is 5.75 Å². The minimum atomic E-state index is -1.48. The molecule has 12 heteroatoms. The van der Waals surface area contributed by atoms with E-state index in [9.17, 15) is 44.6 Å². The Morgan fingerprint density at radius 3 is 2.00 bits per heavy atom. The monoisotopic (exact) mass is 445 g/mol. The zero-order valence-corrected chi connectivity index (χ0v) is 16.7. The quantitative estimate of drug-likeness (QED) is 0.218. The molecule has 168 valence electrons. The molecule has 2 rings (SSSR count). The summed E-state index contributed by atoms with van der Waals surface area (Å²) in [6, 6.07) is 5.81. The number of nitrogens with zero attached hydrogens (tertiary/aromatic N) is 1. The Morgan fingerprint density at radius 2 is 1.47 bits per heavy atom. The lowest BCUT2D eigenvalue weighted by molar-refractivity contribution is -0.384. The molecule has 2 aromatic rings. The highest BCUT2D eigenvalue weighted by Crippen LogP contribution is 2.19. The van der Waals surface area contributed by atoms with Gasteiger partial charge < -0.3 is 26.0 Å². The van der Waals surface area contributed by atoms with Crippen LogP contribution in [0.25, 0.3) is 0 Å². The molecule has 0 aliphatic rings. The van der Waals surface area contributed by atoms with E-state index in [1.165, 1.54) is 0 Å². The molecule has 0 aromatic heterocycles. The largest absolute Gasteiger partial charge is 0.508 e. The lowest BCUT2D eigenvalue weighted by atomic mass is 10.0. The second-order valence-corrected chi connectivity index (χ2v) is 6.62. The maximum absolute atomic E-state index is 12.7. The van der Waals surface area contributed by atoms with Crippen molar-refractivity contribution in [1.29, 1.82) is 0 Å². The standard InChI is InChI=1S/C20H19N3O9/c1-2-3-16(21-17(25)12-7-5-11(24)9-15(12)20(29)30)22-18(26)14-8-10(23(31)32)4-6-13(14)19(27)28/h4-9,16,24H,2-3H2,1H3,(H,21,25)(H,22,26)(H,27,28)(H,29,30). The molecule has 0 bridgehead atoms. The Bertz CT molecular complexity index is 1100. The number of rotatable bonds is 9. The maximum Gasteiger partial charge on any atom is 0.336 e. The van der Waals surface area contributed by atoms with Gasteiger partial charge in [-0.25, -0.2) is 9.59 Å². The predicted octanol–water partition coefficient (Wildman–Crippen LogP) is 1.98. The molecule has 1 atom stereocenters. The molecule has 0 spiro atoms. The molecule has 2 amide bonds. The number of hydrogen-bond donors (Lipinski definition) is 5. The lowest BCUT2D eigenvalue weighted by Crippen LogP contribution is -2.48. The summed E-state index contributed by atoms with van der Waals surface area (Å²) in [5, 5.41) is 43.8. The van der Waals surface area contributed by atoms with Crippen molar-refractivity contribution in [2.75, 3.05) is 0 Å². The van der Waals surface area contributed by atoms with Gasteiger partial charge in [-0.1, -0.05) is 13.3 Å². The molecular formula is C20H19N3O9. The van der Waals surface area contributed by atoms with Gasteiger partial charge in [0.1, 0.15) is 11.9 Å². The molecule has 0 saturated heterocycles. The summed E-state index contributed by atoms with van der Waals surface area (Å²) in [7, 11) is 0. The molecule has 5 N–H and O–H groups in total. The lowest BCUT2D eigenvalue weighted by Gasteiger charge is -2.21. The Morgan fingerprint density at radius 1 is 0.906 bits per heavy atom. The molecule has 0 radical (unpaired) electrons. The highest BCUT2D eigenvalue weighted by Gasteiger charge is 2.25. The van der Waals surface area contributed by atoms with E-state index < -0.39 is 57.2 Å². The van der Waals surface area contributed by atoms with Crippen molar-refractivity contribution in [3.63, 3.8) is 0 Å². The summed E-state index contributed by atoms with van der Waals surface area (Å²) in [4.78, 5) is 58.3. The number of aromatic carboxylic acids is 2. The number of amides is 2. The molecule has 0 aliphatic carbocycles. The maximum atomic E-state index is 12.7. The van der Waals surface area contributed by atoms with Gasteiger partial charge in [-0.2, -0.15) is 0 Å². The number of carbonyl (C=O) groups is 4. The Hall–Kier alpha value is -4.48. The van der Waals surface area contributed by atoms with Gasteiger partial charge in [-0.05, 0) is 30.7 Å². The minimum Gasteiger partial charge on any atom is -0.508 e. The first-order chi connectivity index (χ1) is 15.0. The number of carboxylic acids is 2. The molecule has 0 fully saturated rings. The van der Waals surface area contributed by atoms with Crippen LogP contribution < -0.4 is 10.6 Å². The van der Waals surface area contributed by atoms with E-state index in [1.807, 2.05) is 0 Å². The van der Waals surface area contributed by atoms with Gasteiger partial charge in [0.15, 0.2) is 0 Å². The zero-order valence-electron chi connectivity index (χ0n) is 16.7. The molecule has 32 heavy (non-hydrogen) atoms. The normalized spacial score (nSPS) is 11.3. The van der Waals surface area contributed by atoms with Crippen molar-refractivity contribution < 1.29 is 39.4 Å². The summed E-state index contributed by atoms with van der Waals surface area (Å²) in [5.41, 5.74) is -2.17. The van der Waals surface area contributed by atoms with Crippen molar-refractivity contribution in [2.24, 2.45) is 0 Å². The van der Waals surface area contributed by atoms with Crippen LogP contribution in [0, 0.1) is 10.1 Å². The number of benzene rings is 2. The van der Waals surface area contributed by atoms with Gasteiger partial charge in [0.2, 0.25) is 0 Å². The highest BCUT2D eigenvalue weighted by atomic mass is 16.6. The van der Waals surface area contributed by atoms with E-state index in [2.05, 4.69) is 10.6 Å². The summed E-state index contributed by atoms with van der Waals surface area (Å²) >= 11 is 0. The Balaban J connectivity index is 2.32. The molecular weight excluding hydrogens is 426 g/mol. The second kappa shape index (κ2) is 10.0. The van der Waals surface area contributed by atoms with Gasteiger partial charge in [0.05, 0.1) is 27.2 Å². The van der Waals surface area contributed by atoms with E-state index in [0.717, 1.165) is 36.4 Å². The topological polar surface area (TPSA) is 196 Å². The number of phenolic OH excluding ortho intramolecular Hbond substituents is 1. The highest BCUT2D eigenvalue weighted by molar-refractivity contribution is 6.07. The number of nitro benzene ring substituents is 1. The van der Waals surface area contributed by atoms with Crippen molar-refractivity contribution in [1.82, 2.24) is 10.6 Å². The van der Waals surface area contributed by atoms with Gasteiger partial charge in [0, 0.05) is 12.1 Å². The summed E-state index contributed by atoms with van der Waals surface area (Å²) < 4.78 is 0. The van der Waals surface area contributed by atoms with E-state index in [4.69, 9.17) is 0 Å². The van der Waals surface area contributed by atoms with Gasteiger partial charge in [-0.15, -0.1) is 0 Å². The third-order valence-electron chi connectivity index (χ3n) is 4.36. The third kappa shape index (κ3) is 5.56. The summed E-state index contributed by atoms with van der Waals surface area (Å²) in [6.45, 7) is 1.74. The van der Waals surface area contributed by atoms with Crippen LogP contribution in [0.15, 0.2) is 36.4 Å². The number of nitro groups is 1. The van der Waals surface area contributed by atoms with Crippen molar-refractivity contribution in [3.8, 4) is 5.75 Å². The number of carboxylic acid groups (broad SMARTS) is 2. The van der Waals surface area contributed by atoms with E-state index in [1.54, 1.807) is 6.92 Å². The number of hydrogen-bond acceptors (Lipinski definition) is 7. The van der Waals surface area contributed by atoms with E-state index >= 15 is 0 Å². The molecule has 0 heterocycles. The summed E-state index contributed by atoms with van der Waals surface area (Å²) in [6.07, 6.45) is -0.390. The first-order valence-corrected chi connectivity index (χ1v) is 9.24. The van der Waals surface area contributed by atoms with Crippen LogP contribution in [0.4, 0.5) is 5.69 Å². The first-order valence-electron chi connectivity index (χ1n) is 9.24. The predicted molar refractivity (Wildman–Crippen MR) is 109 cm³/mol. The molecule has 0 saturated carbocycles. The van der Waals surface area contributed by atoms with Gasteiger partial charge in [0.25, 0.3) is 17.5 Å². The summed E-state index contributed by atoms with van der Waals surface area (Å²) in [5.74, 6) is -5.13. The van der Waals surface area contributed by atoms with E-state index in [-0.39, 0.29) is 17.7 Å². The fraction of sp³-hybridized carbons (Fsp3) is 0.200. The molecule has 12 nitrogen and oxygen atoms in total. The molecule has 1 unspecified atom stereocenters. The van der Waals surface area contributed by atoms with Crippen LogP contribution in [0.1, 0.15) is 61.2 Å². The number of carbonyl (C=O) groups excluding carboxylic acids is 2. The Labute approximate surface area is 180 Å². The van der Waals surface area contributed by atoms with E-state index in [0.29, 0.717) is 6.42 Å². The van der Waals surface area contributed by atoms with Crippen LogP contribution in [0.2, 0.25) is 0 Å². The third-order valence-corrected chi connectivity index (χ3v) is 4.36. The van der Waals surface area contributed by atoms with Gasteiger partial charge >= 0.3 is 11.9 Å². The molecule has 0 aliphatic heterocycles. The fourth-order valence-corrected chi connectivity index (χ4v) is 2.87. The van der Waals surface area contributed by atoms with Crippen LogP contribution in [-0.4, -0.2) is 50.2 Å². The first kappa shape index (κ1) is 23.8. The Kier molecular flexibility index (Phi) is 7.45. The van der Waals surface area contributed by atoms with Crippen LogP contribution >= 0.6 is 0 Å². The minimum absolute atomic E-state index is 0.190. The average molecular weight is 445 g/mol. The smallest absolute Gasteiger partial charge is 0.336 e. The fourth-order valence-electron chi connectivity index (χ4n) is 2.87. The average Bonchev–Trinajstić information content (AvgIpc) is 2.72. The van der Waals surface area contributed by atoms with Crippen molar-refractivity contribution in [2.45, 2.75) is 25.9 Å². The van der Waals surface area contributed by atoms with Crippen molar-refractivity contribution >= 4 is 29.4 Å². The van der Waals surface area contributed by atoms with Crippen LogP contribution in [-0.2, 0) is 0 Å². The number of aromatic hydroxyl groups is 1. The number of phenols is 1. The number of nitrogens with one attached hydrogen (secondary N) is 2. The van der Waals surface area contributed by atoms with Gasteiger partial charge in [-0.3, -0.25) is 19.7 Å². The number of non-ortho nitro benzene ring substituents is 1. The zero-order chi connectivity index (χ0) is 24.0. The second-order valence-electron chi connectivity index (χ2n) is 6.62. The molecule has 2 aromatic carbocycles.